The highest BCUT2D eigenvalue weighted by atomic mass is 79.9. The molecule has 0 radical (unpaired) electrons. The maximum atomic E-state index is 5.90. The van der Waals surface area contributed by atoms with Crippen LogP contribution in [0.1, 0.15) is 36.5 Å². The molecule has 0 aliphatic rings. The average molecular weight is 320 g/mol. The Hall–Kier alpha value is -1.35. The second-order valence-electron chi connectivity index (χ2n) is 5.05. The number of hydrogen-bond acceptors (Lipinski definition) is 2. The van der Waals surface area contributed by atoms with Crippen LogP contribution in [0.15, 0.2) is 34.9 Å². The highest BCUT2D eigenvalue weighted by Gasteiger charge is 2.07. The maximum Gasteiger partial charge on any atom is 0.219 e. The van der Waals surface area contributed by atoms with E-state index in [1.807, 2.05) is 19.9 Å². The minimum absolute atomic E-state index is 0.488. The van der Waals surface area contributed by atoms with E-state index in [-0.39, 0.29) is 0 Å². The number of benzene rings is 1. The first kappa shape index (κ1) is 14.1. The van der Waals surface area contributed by atoms with E-state index in [2.05, 4.69) is 53.0 Å². The number of halogens is 1. The summed E-state index contributed by atoms with van der Waals surface area (Å²) in [6, 6.07) is 8.27. The van der Waals surface area contributed by atoms with Gasteiger partial charge in [0.2, 0.25) is 5.88 Å². The van der Waals surface area contributed by atoms with Crippen LogP contribution in [0.2, 0.25) is 0 Å². The lowest BCUT2D eigenvalue weighted by Crippen LogP contribution is -1.94. The first-order chi connectivity index (χ1) is 8.97. The van der Waals surface area contributed by atoms with Gasteiger partial charge in [0.1, 0.15) is 5.75 Å². The van der Waals surface area contributed by atoms with Gasteiger partial charge >= 0.3 is 0 Å². The zero-order valence-electron chi connectivity index (χ0n) is 11.7. The third-order valence-corrected chi connectivity index (χ3v) is 3.95. The molecule has 2 aromatic rings. The van der Waals surface area contributed by atoms with Crippen molar-refractivity contribution < 1.29 is 4.74 Å². The van der Waals surface area contributed by atoms with Crippen LogP contribution in [0, 0.1) is 13.8 Å². The van der Waals surface area contributed by atoms with Crippen molar-refractivity contribution >= 4 is 15.9 Å². The van der Waals surface area contributed by atoms with E-state index < -0.39 is 0 Å². The lowest BCUT2D eigenvalue weighted by atomic mass is 10.0. The molecule has 100 valence electrons. The van der Waals surface area contributed by atoms with Gasteiger partial charge in [-0.2, -0.15) is 0 Å². The summed E-state index contributed by atoms with van der Waals surface area (Å²) >= 11 is 3.44. The fourth-order valence-electron chi connectivity index (χ4n) is 1.77. The molecule has 2 rings (SSSR count). The summed E-state index contributed by atoms with van der Waals surface area (Å²) in [4.78, 5) is 4.28. The predicted molar refractivity (Wildman–Crippen MR) is 82.0 cm³/mol. The number of aromatic nitrogens is 1. The van der Waals surface area contributed by atoms with Gasteiger partial charge in [0.05, 0.1) is 0 Å². The smallest absolute Gasteiger partial charge is 0.219 e. The first-order valence-electron chi connectivity index (χ1n) is 6.38. The largest absolute Gasteiger partial charge is 0.439 e. The van der Waals surface area contributed by atoms with Crippen LogP contribution in [0.4, 0.5) is 0 Å². The molecule has 0 spiro atoms. The van der Waals surface area contributed by atoms with Crippen molar-refractivity contribution in [1.82, 2.24) is 4.98 Å². The summed E-state index contributed by atoms with van der Waals surface area (Å²) in [7, 11) is 0. The van der Waals surface area contributed by atoms with E-state index in [0.717, 1.165) is 21.3 Å². The zero-order valence-corrected chi connectivity index (χ0v) is 13.3. The number of ether oxygens (including phenoxy) is 1. The lowest BCUT2D eigenvalue weighted by molar-refractivity contribution is 0.458. The summed E-state index contributed by atoms with van der Waals surface area (Å²) in [6.07, 6.45) is 1.77. The van der Waals surface area contributed by atoms with Crippen molar-refractivity contribution in [3.8, 4) is 11.6 Å². The summed E-state index contributed by atoms with van der Waals surface area (Å²) in [5, 5.41) is 0. The van der Waals surface area contributed by atoms with Gasteiger partial charge in [0.15, 0.2) is 0 Å². The van der Waals surface area contributed by atoms with Crippen LogP contribution in [-0.4, -0.2) is 4.98 Å². The Morgan fingerprint density at radius 1 is 1.11 bits per heavy atom. The predicted octanol–water partition coefficient (Wildman–Crippen LogP) is 5.38. The van der Waals surface area contributed by atoms with Crippen molar-refractivity contribution in [2.24, 2.45) is 0 Å². The molecule has 0 atom stereocenters. The van der Waals surface area contributed by atoms with Crippen LogP contribution in [-0.2, 0) is 0 Å². The van der Waals surface area contributed by atoms with Gasteiger partial charge in [-0.1, -0.05) is 26.0 Å². The molecule has 1 aromatic carbocycles. The van der Waals surface area contributed by atoms with Crippen LogP contribution in [0.3, 0.4) is 0 Å². The summed E-state index contributed by atoms with van der Waals surface area (Å²) in [5.41, 5.74) is 3.50. The molecule has 19 heavy (non-hydrogen) atoms. The minimum atomic E-state index is 0.488. The molecule has 3 heteroatoms. The van der Waals surface area contributed by atoms with Crippen molar-refractivity contribution in [3.63, 3.8) is 0 Å². The fraction of sp³-hybridized carbons (Fsp3) is 0.312. The summed E-state index contributed by atoms with van der Waals surface area (Å²) in [6.45, 7) is 8.42. The van der Waals surface area contributed by atoms with Gasteiger partial charge in [-0.15, -0.1) is 0 Å². The second-order valence-corrected chi connectivity index (χ2v) is 5.91. The zero-order chi connectivity index (χ0) is 14.0. The number of rotatable bonds is 3. The van der Waals surface area contributed by atoms with Crippen molar-refractivity contribution in [1.29, 1.82) is 0 Å². The minimum Gasteiger partial charge on any atom is -0.439 e. The van der Waals surface area contributed by atoms with Crippen LogP contribution >= 0.6 is 15.9 Å². The van der Waals surface area contributed by atoms with Crippen LogP contribution in [0.25, 0.3) is 0 Å². The lowest BCUT2D eigenvalue weighted by Gasteiger charge is -2.12. The molecule has 0 fully saturated rings. The van der Waals surface area contributed by atoms with Gasteiger partial charge in [-0.3, -0.25) is 0 Å². The third-order valence-electron chi connectivity index (χ3n) is 3.12. The molecule has 1 aromatic heterocycles. The quantitative estimate of drug-likeness (QED) is 0.758. The average Bonchev–Trinajstić information content (AvgIpc) is 2.36. The Morgan fingerprint density at radius 3 is 2.47 bits per heavy atom. The molecule has 0 unspecified atom stereocenters. The maximum absolute atomic E-state index is 5.90. The molecular formula is C16H18BrNO. The number of nitrogens with zero attached hydrogens (tertiary/aromatic N) is 1. The van der Waals surface area contributed by atoms with E-state index in [1.54, 1.807) is 6.20 Å². The molecular weight excluding hydrogens is 302 g/mol. The van der Waals surface area contributed by atoms with Crippen LogP contribution < -0.4 is 4.74 Å². The number of pyridine rings is 1. The molecule has 0 bridgehead atoms. The van der Waals surface area contributed by atoms with Gasteiger partial charge in [-0.05, 0) is 58.5 Å². The Morgan fingerprint density at radius 2 is 1.84 bits per heavy atom. The van der Waals surface area contributed by atoms with Gasteiger partial charge in [-0.25, -0.2) is 4.98 Å². The van der Waals surface area contributed by atoms with E-state index in [0.29, 0.717) is 11.8 Å². The van der Waals surface area contributed by atoms with Crippen molar-refractivity contribution in [3.05, 3.63) is 51.6 Å². The SMILES string of the molecule is Cc1cc(Oc2cc(C(C)C)ccc2C)ncc1Br. The standard InChI is InChI=1S/C16H18BrNO/c1-10(2)13-6-5-11(3)15(8-13)19-16-7-12(4)14(17)9-18-16/h5-10H,1-4H3. The molecule has 0 saturated carbocycles. The van der Waals surface area contributed by atoms with Gasteiger partial charge in [0, 0.05) is 16.7 Å². The molecule has 0 aliphatic heterocycles. The van der Waals surface area contributed by atoms with Crippen molar-refractivity contribution in [2.45, 2.75) is 33.6 Å². The highest BCUT2D eigenvalue weighted by molar-refractivity contribution is 9.10. The number of aryl methyl sites for hydroxylation is 2. The van der Waals surface area contributed by atoms with E-state index in [9.17, 15) is 0 Å². The van der Waals surface area contributed by atoms with Gasteiger partial charge in [0.25, 0.3) is 0 Å². The first-order valence-corrected chi connectivity index (χ1v) is 7.17. The second kappa shape index (κ2) is 5.74. The molecule has 0 amide bonds. The summed E-state index contributed by atoms with van der Waals surface area (Å²) < 4.78 is 6.90. The summed E-state index contributed by atoms with van der Waals surface area (Å²) in [5.74, 6) is 1.99. The normalized spacial score (nSPS) is 10.8. The molecule has 0 saturated heterocycles. The molecule has 2 nitrogen and oxygen atoms in total. The third kappa shape index (κ3) is 3.35. The monoisotopic (exact) mass is 319 g/mol. The Balaban J connectivity index is 2.31. The van der Waals surface area contributed by atoms with E-state index in [4.69, 9.17) is 4.74 Å². The highest BCUT2D eigenvalue weighted by Crippen LogP contribution is 2.29. The molecule has 0 aliphatic carbocycles. The van der Waals surface area contributed by atoms with E-state index >= 15 is 0 Å². The van der Waals surface area contributed by atoms with Crippen LogP contribution in [0.5, 0.6) is 11.6 Å². The fourth-order valence-corrected chi connectivity index (χ4v) is 1.98. The van der Waals surface area contributed by atoms with Gasteiger partial charge < -0.3 is 4.74 Å². The Kier molecular flexibility index (Phi) is 4.25. The molecule has 1 heterocycles. The van der Waals surface area contributed by atoms with Crippen molar-refractivity contribution in [2.75, 3.05) is 0 Å². The topological polar surface area (TPSA) is 22.1 Å². The molecule has 0 N–H and O–H groups in total. The Labute approximate surface area is 123 Å². The number of hydrogen-bond donors (Lipinski definition) is 0. The Bertz CT molecular complexity index is 593. The van der Waals surface area contributed by atoms with E-state index in [1.165, 1.54) is 5.56 Å².